The van der Waals surface area contributed by atoms with Crippen molar-refractivity contribution in [3.8, 4) is 0 Å². The van der Waals surface area contributed by atoms with Gasteiger partial charge in [0.2, 0.25) is 0 Å². The number of carboxylic acids is 1. The normalized spacial score (nSPS) is 18.0. The molecule has 0 amide bonds. The third-order valence-corrected chi connectivity index (χ3v) is 3.86. The first-order chi connectivity index (χ1) is 8.06. The Balaban J connectivity index is 2.35. The molecule has 2 rings (SSSR count). The summed E-state index contributed by atoms with van der Waals surface area (Å²) in [4.78, 5) is 13.5. The standard InChI is InChI=1S/C14H19NO2/c1-11-6-5-7-12(10-11)15(2)14(13(16)17)8-3-4-9-14/h5-7,10H,3-4,8-9H2,1-2H3,(H,16,17). The number of aliphatic carboxylic acids is 1. The Morgan fingerprint density at radius 3 is 2.53 bits per heavy atom. The van der Waals surface area contributed by atoms with E-state index >= 15 is 0 Å². The summed E-state index contributed by atoms with van der Waals surface area (Å²) in [6, 6.07) is 8.03. The molecule has 0 aromatic heterocycles. The Bertz CT molecular complexity index is 422. The molecule has 0 aliphatic heterocycles. The molecular formula is C14H19NO2. The molecule has 17 heavy (non-hydrogen) atoms. The van der Waals surface area contributed by atoms with Crippen LogP contribution in [-0.2, 0) is 4.79 Å². The van der Waals surface area contributed by atoms with Crippen molar-refractivity contribution >= 4 is 11.7 Å². The highest BCUT2D eigenvalue weighted by molar-refractivity contribution is 5.84. The quantitative estimate of drug-likeness (QED) is 0.872. The molecule has 0 bridgehead atoms. The van der Waals surface area contributed by atoms with Gasteiger partial charge >= 0.3 is 5.97 Å². The fourth-order valence-electron chi connectivity index (χ4n) is 2.74. The molecule has 3 heteroatoms. The van der Waals surface area contributed by atoms with Gasteiger partial charge in [-0.1, -0.05) is 25.0 Å². The van der Waals surface area contributed by atoms with E-state index in [1.54, 1.807) is 0 Å². The molecule has 0 atom stereocenters. The van der Waals surface area contributed by atoms with Crippen molar-refractivity contribution in [3.63, 3.8) is 0 Å². The van der Waals surface area contributed by atoms with Gasteiger partial charge in [0.25, 0.3) is 0 Å². The highest BCUT2D eigenvalue weighted by Gasteiger charge is 2.45. The summed E-state index contributed by atoms with van der Waals surface area (Å²) in [6.07, 6.45) is 3.49. The highest BCUT2D eigenvalue weighted by Crippen LogP contribution is 2.37. The lowest BCUT2D eigenvalue weighted by Gasteiger charge is -2.36. The number of benzene rings is 1. The third kappa shape index (κ3) is 2.02. The van der Waals surface area contributed by atoms with Gasteiger partial charge < -0.3 is 10.0 Å². The van der Waals surface area contributed by atoms with Crippen molar-refractivity contribution in [2.75, 3.05) is 11.9 Å². The van der Waals surface area contributed by atoms with E-state index in [4.69, 9.17) is 0 Å². The van der Waals surface area contributed by atoms with Crippen molar-refractivity contribution in [3.05, 3.63) is 29.8 Å². The molecule has 92 valence electrons. The molecule has 1 fully saturated rings. The number of hydrogen-bond donors (Lipinski definition) is 1. The summed E-state index contributed by atoms with van der Waals surface area (Å²) in [6.45, 7) is 2.03. The number of carbonyl (C=O) groups is 1. The average molecular weight is 233 g/mol. The fourth-order valence-corrected chi connectivity index (χ4v) is 2.74. The Morgan fingerprint density at radius 1 is 1.35 bits per heavy atom. The molecule has 1 saturated carbocycles. The lowest BCUT2D eigenvalue weighted by atomic mass is 9.95. The summed E-state index contributed by atoms with van der Waals surface area (Å²) < 4.78 is 0. The molecule has 1 N–H and O–H groups in total. The van der Waals surface area contributed by atoms with Crippen LogP contribution in [-0.4, -0.2) is 23.7 Å². The van der Waals surface area contributed by atoms with Crippen LogP contribution in [0.3, 0.4) is 0 Å². The predicted octanol–water partition coefficient (Wildman–Crippen LogP) is 2.83. The molecule has 1 aromatic rings. The minimum absolute atomic E-state index is 0.695. The maximum atomic E-state index is 11.6. The second-order valence-corrected chi connectivity index (χ2v) is 4.94. The van der Waals surface area contributed by atoms with E-state index in [1.807, 2.05) is 43.1 Å². The largest absolute Gasteiger partial charge is 0.479 e. The van der Waals surface area contributed by atoms with Crippen molar-refractivity contribution in [2.45, 2.75) is 38.1 Å². The van der Waals surface area contributed by atoms with E-state index in [0.717, 1.165) is 36.9 Å². The Morgan fingerprint density at radius 2 is 2.00 bits per heavy atom. The van der Waals surface area contributed by atoms with Crippen molar-refractivity contribution < 1.29 is 9.90 Å². The smallest absolute Gasteiger partial charge is 0.329 e. The third-order valence-electron chi connectivity index (χ3n) is 3.86. The SMILES string of the molecule is Cc1cccc(N(C)C2(C(=O)O)CCCC2)c1. The average Bonchev–Trinajstić information content (AvgIpc) is 2.78. The zero-order chi connectivity index (χ0) is 12.5. The summed E-state index contributed by atoms with van der Waals surface area (Å²) in [5.41, 5.74) is 1.45. The van der Waals surface area contributed by atoms with Crippen LogP contribution in [0.5, 0.6) is 0 Å². The second kappa shape index (κ2) is 4.40. The van der Waals surface area contributed by atoms with Crippen LogP contribution in [0.2, 0.25) is 0 Å². The van der Waals surface area contributed by atoms with Crippen LogP contribution >= 0.6 is 0 Å². The van der Waals surface area contributed by atoms with Crippen molar-refractivity contribution in [1.82, 2.24) is 0 Å². The van der Waals surface area contributed by atoms with Crippen LogP contribution in [0.4, 0.5) is 5.69 Å². The molecule has 3 nitrogen and oxygen atoms in total. The van der Waals surface area contributed by atoms with Crippen molar-refractivity contribution in [2.24, 2.45) is 0 Å². The zero-order valence-corrected chi connectivity index (χ0v) is 10.4. The minimum Gasteiger partial charge on any atom is -0.479 e. The van der Waals surface area contributed by atoms with E-state index in [9.17, 15) is 9.90 Å². The Hall–Kier alpha value is -1.51. The van der Waals surface area contributed by atoms with E-state index < -0.39 is 11.5 Å². The van der Waals surface area contributed by atoms with Crippen LogP contribution in [0.15, 0.2) is 24.3 Å². The van der Waals surface area contributed by atoms with Crippen LogP contribution in [0.1, 0.15) is 31.2 Å². The number of aryl methyl sites for hydroxylation is 1. The summed E-state index contributed by atoms with van der Waals surface area (Å²) in [5, 5.41) is 9.52. The summed E-state index contributed by atoms with van der Waals surface area (Å²) in [7, 11) is 1.90. The van der Waals surface area contributed by atoms with Gasteiger partial charge in [0.05, 0.1) is 0 Å². The number of likely N-dealkylation sites (N-methyl/N-ethyl adjacent to an activating group) is 1. The van der Waals surface area contributed by atoms with Gasteiger partial charge in [-0.2, -0.15) is 0 Å². The van der Waals surface area contributed by atoms with Gasteiger partial charge in [0.1, 0.15) is 5.54 Å². The molecule has 0 spiro atoms. The molecule has 0 heterocycles. The molecule has 1 aromatic carbocycles. The summed E-state index contributed by atoms with van der Waals surface area (Å²) in [5.74, 6) is -0.695. The van der Waals surface area contributed by atoms with Gasteiger partial charge in [-0.15, -0.1) is 0 Å². The molecule has 0 saturated heterocycles. The number of anilines is 1. The molecule has 0 unspecified atom stereocenters. The van der Waals surface area contributed by atoms with Crippen molar-refractivity contribution in [1.29, 1.82) is 0 Å². The number of hydrogen-bond acceptors (Lipinski definition) is 2. The van der Waals surface area contributed by atoms with E-state index in [-0.39, 0.29) is 0 Å². The second-order valence-electron chi connectivity index (χ2n) is 4.94. The first-order valence-corrected chi connectivity index (χ1v) is 6.10. The van der Waals surface area contributed by atoms with E-state index in [2.05, 4.69) is 0 Å². The van der Waals surface area contributed by atoms with Gasteiger partial charge in [0, 0.05) is 12.7 Å². The fraction of sp³-hybridized carbons (Fsp3) is 0.500. The van der Waals surface area contributed by atoms with Gasteiger partial charge in [-0.05, 0) is 37.5 Å². The number of rotatable bonds is 3. The Kier molecular flexibility index (Phi) is 3.09. The van der Waals surface area contributed by atoms with E-state index in [1.165, 1.54) is 0 Å². The topological polar surface area (TPSA) is 40.5 Å². The summed E-state index contributed by atoms with van der Waals surface area (Å²) >= 11 is 0. The first kappa shape index (κ1) is 12.0. The molecule has 1 aliphatic rings. The lowest BCUT2D eigenvalue weighted by Crippen LogP contribution is -2.51. The zero-order valence-electron chi connectivity index (χ0n) is 10.4. The van der Waals surface area contributed by atoms with Gasteiger partial charge in [0.15, 0.2) is 0 Å². The maximum absolute atomic E-state index is 11.6. The predicted molar refractivity (Wildman–Crippen MR) is 68.4 cm³/mol. The van der Waals surface area contributed by atoms with Gasteiger partial charge in [-0.3, -0.25) is 0 Å². The first-order valence-electron chi connectivity index (χ1n) is 6.10. The van der Waals surface area contributed by atoms with E-state index in [0.29, 0.717) is 0 Å². The number of nitrogens with zero attached hydrogens (tertiary/aromatic N) is 1. The minimum atomic E-state index is -0.701. The number of carboxylic acid groups (broad SMARTS) is 1. The maximum Gasteiger partial charge on any atom is 0.329 e. The van der Waals surface area contributed by atoms with Crippen LogP contribution in [0, 0.1) is 6.92 Å². The van der Waals surface area contributed by atoms with Crippen LogP contribution in [0.25, 0.3) is 0 Å². The highest BCUT2D eigenvalue weighted by atomic mass is 16.4. The molecule has 1 aliphatic carbocycles. The monoisotopic (exact) mass is 233 g/mol. The Labute approximate surface area is 102 Å². The van der Waals surface area contributed by atoms with Crippen LogP contribution < -0.4 is 4.90 Å². The van der Waals surface area contributed by atoms with Gasteiger partial charge in [-0.25, -0.2) is 4.79 Å². The molecular weight excluding hydrogens is 214 g/mol. The lowest BCUT2D eigenvalue weighted by molar-refractivity contribution is -0.143. The molecule has 0 radical (unpaired) electrons.